The Bertz CT molecular complexity index is 2420. The van der Waals surface area contributed by atoms with Gasteiger partial charge in [-0.25, -0.2) is 24.0 Å². The van der Waals surface area contributed by atoms with Crippen molar-refractivity contribution in [3.8, 4) is 0 Å². The molecule has 0 saturated carbocycles. The summed E-state index contributed by atoms with van der Waals surface area (Å²) in [5.74, 6) is -5.42. The van der Waals surface area contributed by atoms with E-state index in [-0.39, 0.29) is 27.8 Å². The van der Waals surface area contributed by atoms with Gasteiger partial charge >= 0.3 is 35.8 Å². The van der Waals surface area contributed by atoms with Crippen LogP contribution >= 0.6 is 0 Å². The van der Waals surface area contributed by atoms with Gasteiger partial charge in [0.15, 0.2) is 43.1 Å². The number of hydrogen-bond donors (Lipinski definition) is 2. The van der Waals surface area contributed by atoms with Crippen molar-refractivity contribution in [1.29, 1.82) is 0 Å². The van der Waals surface area contributed by atoms with E-state index in [0.29, 0.717) is 0 Å². The summed E-state index contributed by atoms with van der Waals surface area (Å²) in [6.07, 6.45) is -17.4. The summed E-state index contributed by atoms with van der Waals surface area (Å²) in [7, 11) is 0. The molecule has 17 heteroatoms. The molecule has 17 nitrogen and oxygen atoms in total. The highest BCUT2D eigenvalue weighted by molar-refractivity contribution is 5.92. The topological polar surface area (TPSA) is 226 Å². The zero-order chi connectivity index (χ0) is 46.6. The SMILES string of the molecule is CC(=O)O[C@@H]1[C@@H](OC[C@H]2O[C@H](O)[C@@H](OC(=O)c3ccccc3)[C@@H](OC(=O)c3ccccc3)[C@@H]2O)O[C@H](COC(=O)c2ccccc2)[C@@H](OC(=O)c2ccccc2)[C@@H]1OC(=O)c1ccccc1. The van der Waals surface area contributed by atoms with Gasteiger partial charge in [-0.1, -0.05) is 91.0 Å². The Balaban J connectivity index is 1.20. The van der Waals surface area contributed by atoms with Gasteiger partial charge in [0.05, 0.1) is 34.4 Å². The molecule has 2 saturated heterocycles. The molecule has 0 aromatic heterocycles. The average Bonchev–Trinajstić information content (AvgIpc) is 3.35. The molecular formula is C49H44O17. The van der Waals surface area contributed by atoms with E-state index >= 15 is 0 Å². The van der Waals surface area contributed by atoms with Crippen LogP contribution in [-0.2, 0) is 47.4 Å². The first kappa shape index (κ1) is 46.7. The van der Waals surface area contributed by atoms with Crippen LogP contribution in [0.3, 0.4) is 0 Å². The molecule has 7 rings (SSSR count). The Hall–Kier alpha value is -7.28. The van der Waals surface area contributed by atoms with Crippen molar-refractivity contribution in [2.45, 2.75) is 68.3 Å². The number of hydrogen-bond acceptors (Lipinski definition) is 17. The normalized spacial score (nSPS) is 24.7. The molecule has 0 unspecified atom stereocenters. The van der Waals surface area contributed by atoms with Gasteiger partial charge in [-0.3, -0.25) is 4.79 Å². The van der Waals surface area contributed by atoms with Crippen LogP contribution in [0.25, 0.3) is 0 Å². The Kier molecular flexibility index (Phi) is 15.6. The minimum absolute atomic E-state index is 0.0644. The summed E-state index contributed by atoms with van der Waals surface area (Å²) in [4.78, 5) is 80.1. The largest absolute Gasteiger partial charge is 0.459 e. The zero-order valence-corrected chi connectivity index (χ0v) is 35.1. The molecule has 0 amide bonds. The third kappa shape index (κ3) is 11.7. The van der Waals surface area contributed by atoms with Gasteiger partial charge in [0, 0.05) is 6.92 Å². The molecule has 2 heterocycles. The first-order valence-electron chi connectivity index (χ1n) is 20.7. The number of benzene rings is 5. The van der Waals surface area contributed by atoms with Gasteiger partial charge in [-0.2, -0.15) is 0 Å². The minimum Gasteiger partial charge on any atom is -0.459 e. The Morgan fingerprint density at radius 3 is 1.23 bits per heavy atom. The lowest BCUT2D eigenvalue weighted by atomic mass is 9.97. The lowest BCUT2D eigenvalue weighted by molar-refractivity contribution is -0.325. The smallest absolute Gasteiger partial charge is 0.338 e. The van der Waals surface area contributed by atoms with Crippen LogP contribution in [0, 0.1) is 0 Å². The van der Waals surface area contributed by atoms with Gasteiger partial charge < -0.3 is 52.8 Å². The molecule has 0 aliphatic carbocycles. The number of aliphatic hydroxyl groups excluding tert-OH is 2. The fourth-order valence-corrected chi connectivity index (χ4v) is 7.11. The van der Waals surface area contributed by atoms with Crippen LogP contribution < -0.4 is 0 Å². The van der Waals surface area contributed by atoms with Crippen LogP contribution in [0.4, 0.5) is 0 Å². The third-order valence-electron chi connectivity index (χ3n) is 10.4. The fourth-order valence-electron chi connectivity index (χ4n) is 7.11. The summed E-state index contributed by atoms with van der Waals surface area (Å²) >= 11 is 0. The molecule has 0 bridgehead atoms. The zero-order valence-electron chi connectivity index (χ0n) is 35.1. The third-order valence-corrected chi connectivity index (χ3v) is 10.4. The maximum atomic E-state index is 13.8. The second-order valence-corrected chi connectivity index (χ2v) is 14.9. The highest BCUT2D eigenvalue weighted by Gasteiger charge is 2.55. The minimum atomic E-state index is -2.02. The van der Waals surface area contributed by atoms with Crippen LogP contribution in [-0.4, -0.2) is 121 Å². The molecule has 2 aliphatic heterocycles. The molecule has 0 radical (unpaired) electrons. The molecule has 2 fully saturated rings. The Morgan fingerprint density at radius 1 is 0.424 bits per heavy atom. The number of carbonyl (C=O) groups is 6. The Labute approximate surface area is 377 Å². The fraction of sp³-hybridized carbons (Fsp3) is 0.265. The van der Waals surface area contributed by atoms with E-state index in [2.05, 4.69) is 0 Å². The quantitative estimate of drug-likeness (QED) is 0.109. The molecule has 342 valence electrons. The van der Waals surface area contributed by atoms with Crippen LogP contribution in [0.5, 0.6) is 0 Å². The van der Waals surface area contributed by atoms with Crippen molar-refractivity contribution in [2.24, 2.45) is 0 Å². The predicted octanol–water partition coefficient (Wildman–Crippen LogP) is 4.50. The molecule has 66 heavy (non-hydrogen) atoms. The van der Waals surface area contributed by atoms with Gasteiger partial charge in [-0.05, 0) is 60.7 Å². The summed E-state index contributed by atoms with van der Waals surface area (Å²) in [6.45, 7) is -0.317. The van der Waals surface area contributed by atoms with Crippen LogP contribution in [0.15, 0.2) is 152 Å². The van der Waals surface area contributed by atoms with E-state index in [1.807, 2.05) is 0 Å². The second kappa shape index (κ2) is 22.1. The molecule has 2 aliphatic rings. The summed E-state index contributed by atoms with van der Waals surface area (Å²) in [6, 6.07) is 38.9. The Morgan fingerprint density at radius 2 is 0.803 bits per heavy atom. The first-order valence-corrected chi connectivity index (χ1v) is 20.7. The van der Waals surface area contributed by atoms with Crippen molar-refractivity contribution >= 4 is 35.8 Å². The van der Waals surface area contributed by atoms with Crippen molar-refractivity contribution < 1.29 is 81.6 Å². The molecular weight excluding hydrogens is 861 g/mol. The van der Waals surface area contributed by atoms with E-state index in [0.717, 1.165) is 6.92 Å². The molecule has 0 spiro atoms. The highest BCUT2D eigenvalue weighted by Crippen LogP contribution is 2.33. The van der Waals surface area contributed by atoms with Gasteiger partial charge in [-0.15, -0.1) is 0 Å². The highest BCUT2D eigenvalue weighted by atomic mass is 16.7. The van der Waals surface area contributed by atoms with Gasteiger partial charge in [0.1, 0.15) is 24.9 Å². The van der Waals surface area contributed by atoms with Crippen LogP contribution in [0.2, 0.25) is 0 Å². The number of carbonyl (C=O) groups excluding carboxylic acids is 6. The average molecular weight is 905 g/mol. The van der Waals surface area contributed by atoms with E-state index in [4.69, 9.17) is 42.6 Å². The number of aliphatic hydroxyl groups is 2. The van der Waals surface area contributed by atoms with E-state index in [1.54, 1.807) is 91.0 Å². The van der Waals surface area contributed by atoms with Crippen molar-refractivity contribution in [3.63, 3.8) is 0 Å². The molecule has 5 aromatic rings. The van der Waals surface area contributed by atoms with Gasteiger partial charge in [0.2, 0.25) is 0 Å². The van der Waals surface area contributed by atoms with E-state index in [1.165, 1.54) is 60.7 Å². The summed E-state index contributed by atoms with van der Waals surface area (Å²) < 4.78 is 52.7. The lowest BCUT2D eigenvalue weighted by Crippen LogP contribution is -2.64. The van der Waals surface area contributed by atoms with Crippen molar-refractivity contribution in [1.82, 2.24) is 0 Å². The maximum Gasteiger partial charge on any atom is 0.338 e. The monoisotopic (exact) mass is 904 g/mol. The van der Waals surface area contributed by atoms with Crippen molar-refractivity contribution in [3.05, 3.63) is 179 Å². The van der Waals surface area contributed by atoms with Crippen LogP contribution in [0.1, 0.15) is 58.7 Å². The number of esters is 6. The first-order chi connectivity index (χ1) is 32.0. The van der Waals surface area contributed by atoms with E-state index in [9.17, 15) is 39.0 Å². The second-order valence-electron chi connectivity index (χ2n) is 14.9. The van der Waals surface area contributed by atoms with E-state index < -0.39 is 110 Å². The summed E-state index contributed by atoms with van der Waals surface area (Å²) in [5, 5.41) is 23.1. The predicted molar refractivity (Wildman–Crippen MR) is 226 cm³/mol. The maximum absolute atomic E-state index is 13.8. The standard InChI is InChI=1S/C49H44O17/c1-29(50)60-42-40(65-46(55)33-23-13-5-14-24-33)38(63-44(53)31-19-9-3-10-20-31)36(28-58-43(52)30-17-7-2-8-18-30)62-49(42)59-27-35-37(51)39(64-45(54)32-21-11-4-12-22-32)41(48(57)61-35)66-47(56)34-25-15-6-16-26-34/h2-26,35-42,48-49,51,57H,27-28H2,1H3/t35-,36-,37-,38-,39+,40+,41+,42+,48+,49+/m1/s1. The number of ether oxygens (including phenoxy) is 9. The molecule has 2 N–H and O–H groups in total. The number of rotatable bonds is 15. The molecule has 5 aromatic carbocycles. The molecule has 10 atom stereocenters. The lowest BCUT2D eigenvalue weighted by Gasteiger charge is -2.45. The van der Waals surface area contributed by atoms with Gasteiger partial charge in [0.25, 0.3) is 0 Å². The summed E-state index contributed by atoms with van der Waals surface area (Å²) in [5.41, 5.74) is 0.480. The van der Waals surface area contributed by atoms with Crippen molar-refractivity contribution in [2.75, 3.05) is 13.2 Å².